The van der Waals surface area contributed by atoms with Crippen LogP contribution >= 0.6 is 0 Å². The third-order valence-electron chi connectivity index (χ3n) is 5.22. The van der Waals surface area contributed by atoms with Crippen molar-refractivity contribution < 1.29 is 5.11 Å². The fourth-order valence-electron chi connectivity index (χ4n) is 3.56. The van der Waals surface area contributed by atoms with Gasteiger partial charge in [0.25, 0.3) is 0 Å². The molecule has 2 aromatic heterocycles. The molecule has 2 unspecified atom stereocenters. The average molecular weight is 380 g/mol. The zero-order valence-electron chi connectivity index (χ0n) is 16.4. The topological polar surface area (TPSA) is 86.5 Å². The number of piperidine rings is 1. The smallest absolute Gasteiger partial charge is 0.163 e. The van der Waals surface area contributed by atoms with Crippen molar-refractivity contribution in [1.82, 2.24) is 19.9 Å². The lowest BCUT2D eigenvalue weighted by Gasteiger charge is -2.29. The van der Waals surface area contributed by atoms with Crippen LogP contribution in [0.1, 0.15) is 37.3 Å². The Bertz CT molecular complexity index is 923. The number of hydrogen-bond donors (Lipinski definition) is 4. The second kappa shape index (κ2) is 8.16. The van der Waals surface area contributed by atoms with Gasteiger partial charge in [0.1, 0.15) is 11.6 Å². The van der Waals surface area contributed by atoms with Gasteiger partial charge < -0.3 is 21.1 Å². The molecule has 0 radical (unpaired) electrons. The lowest BCUT2D eigenvalue weighted by atomic mass is 10.0. The van der Waals surface area contributed by atoms with Crippen LogP contribution in [0.2, 0.25) is 0 Å². The summed E-state index contributed by atoms with van der Waals surface area (Å²) in [5.41, 5.74) is 3.15. The van der Waals surface area contributed by atoms with E-state index >= 15 is 0 Å². The van der Waals surface area contributed by atoms with E-state index in [1.807, 2.05) is 35.0 Å². The minimum absolute atomic E-state index is 0.0592. The molecule has 0 aliphatic carbocycles. The molecule has 0 saturated carbocycles. The number of nitrogens with zero attached hydrogens (tertiary/aromatic N) is 3. The van der Waals surface area contributed by atoms with Gasteiger partial charge in [0.2, 0.25) is 0 Å². The SMILES string of the molecule is CC(C)c1cnn2c(NCc3ccccc3)cc(NC3CNCCC3O)nc12. The maximum absolute atomic E-state index is 10.3. The predicted octanol–water partition coefficient (Wildman–Crippen LogP) is 2.60. The first-order valence-electron chi connectivity index (χ1n) is 9.93. The van der Waals surface area contributed by atoms with E-state index in [1.54, 1.807) is 0 Å². The Hall–Kier alpha value is -2.64. The molecule has 4 rings (SSSR count). The number of anilines is 2. The molecule has 1 aliphatic rings. The van der Waals surface area contributed by atoms with E-state index in [9.17, 15) is 5.11 Å². The third-order valence-corrected chi connectivity index (χ3v) is 5.22. The first-order valence-corrected chi connectivity index (χ1v) is 9.93. The quantitative estimate of drug-likeness (QED) is 0.526. The van der Waals surface area contributed by atoms with Crippen LogP contribution in [0.5, 0.6) is 0 Å². The molecule has 1 saturated heterocycles. The summed E-state index contributed by atoms with van der Waals surface area (Å²) in [7, 11) is 0. The second-order valence-corrected chi connectivity index (χ2v) is 7.67. The largest absolute Gasteiger partial charge is 0.391 e. The molecule has 28 heavy (non-hydrogen) atoms. The molecule has 2 atom stereocenters. The highest BCUT2D eigenvalue weighted by atomic mass is 16.3. The second-order valence-electron chi connectivity index (χ2n) is 7.67. The van der Waals surface area contributed by atoms with Crippen molar-refractivity contribution in [3.8, 4) is 0 Å². The van der Waals surface area contributed by atoms with E-state index in [4.69, 9.17) is 4.98 Å². The van der Waals surface area contributed by atoms with Gasteiger partial charge in [-0.3, -0.25) is 0 Å². The van der Waals surface area contributed by atoms with Crippen molar-refractivity contribution >= 4 is 17.3 Å². The van der Waals surface area contributed by atoms with Gasteiger partial charge in [-0.25, -0.2) is 4.98 Å². The van der Waals surface area contributed by atoms with Crippen LogP contribution in [0.4, 0.5) is 11.6 Å². The number of benzene rings is 1. The van der Waals surface area contributed by atoms with Gasteiger partial charge in [-0.15, -0.1) is 0 Å². The Kier molecular flexibility index (Phi) is 5.45. The summed E-state index contributed by atoms with van der Waals surface area (Å²) in [5.74, 6) is 1.95. The standard InChI is InChI=1S/C21H28N6O/c1-14(2)16-12-24-27-20(23-11-15-6-4-3-5-7-15)10-19(26-21(16)27)25-17-13-22-9-8-18(17)28/h3-7,10,12,14,17-18,22-23,28H,8-9,11,13H2,1-2H3,(H,25,26). The van der Waals surface area contributed by atoms with Crippen LogP contribution in [-0.4, -0.2) is 44.9 Å². The van der Waals surface area contributed by atoms with Crippen molar-refractivity contribution in [2.24, 2.45) is 0 Å². The molecular formula is C21H28N6O. The van der Waals surface area contributed by atoms with Gasteiger partial charge in [-0.1, -0.05) is 44.2 Å². The normalized spacial score (nSPS) is 19.9. The average Bonchev–Trinajstić information content (AvgIpc) is 3.13. The molecule has 0 bridgehead atoms. The Balaban J connectivity index is 1.65. The van der Waals surface area contributed by atoms with E-state index < -0.39 is 0 Å². The third kappa shape index (κ3) is 3.95. The zero-order valence-corrected chi connectivity index (χ0v) is 16.4. The zero-order chi connectivity index (χ0) is 19.5. The molecule has 0 amide bonds. The van der Waals surface area contributed by atoms with E-state index in [0.717, 1.165) is 42.4 Å². The highest BCUT2D eigenvalue weighted by molar-refractivity contribution is 5.61. The molecule has 148 valence electrons. The van der Waals surface area contributed by atoms with Crippen LogP contribution in [0.25, 0.3) is 5.65 Å². The molecule has 3 heterocycles. The molecule has 7 heteroatoms. The minimum Gasteiger partial charge on any atom is -0.391 e. The Morgan fingerprint density at radius 1 is 1.29 bits per heavy atom. The van der Waals surface area contributed by atoms with E-state index in [0.29, 0.717) is 12.5 Å². The summed E-state index contributed by atoms with van der Waals surface area (Å²) < 4.78 is 1.86. The van der Waals surface area contributed by atoms with Gasteiger partial charge >= 0.3 is 0 Å². The van der Waals surface area contributed by atoms with E-state index in [1.165, 1.54) is 5.56 Å². The molecule has 1 fully saturated rings. The van der Waals surface area contributed by atoms with Crippen LogP contribution in [0.3, 0.4) is 0 Å². The van der Waals surface area contributed by atoms with Crippen molar-refractivity contribution in [2.75, 3.05) is 23.7 Å². The lowest BCUT2D eigenvalue weighted by Crippen LogP contribution is -2.48. The summed E-state index contributed by atoms with van der Waals surface area (Å²) in [6.07, 6.45) is 2.25. The van der Waals surface area contributed by atoms with Crippen LogP contribution in [-0.2, 0) is 6.54 Å². The maximum Gasteiger partial charge on any atom is 0.163 e. The molecule has 1 aromatic carbocycles. The van der Waals surface area contributed by atoms with Crippen LogP contribution in [0.15, 0.2) is 42.6 Å². The van der Waals surface area contributed by atoms with Crippen LogP contribution in [0, 0.1) is 0 Å². The van der Waals surface area contributed by atoms with Crippen molar-refractivity contribution in [2.45, 2.75) is 44.9 Å². The first-order chi connectivity index (χ1) is 13.6. The lowest BCUT2D eigenvalue weighted by molar-refractivity contribution is 0.124. The molecule has 4 N–H and O–H groups in total. The fourth-order valence-corrected chi connectivity index (χ4v) is 3.56. The highest BCUT2D eigenvalue weighted by Crippen LogP contribution is 2.25. The van der Waals surface area contributed by atoms with E-state index in [-0.39, 0.29) is 12.1 Å². The summed E-state index contributed by atoms with van der Waals surface area (Å²) in [6.45, 7) is 6.55. The van der Waals surface area contributed by atoms with E-state index in [2.05, 4.69) is 47.0 Å². The molecule has 0 spiro atoms. The highest BCUT2D eigenvalue weighted by Gasteiger charge is 2.23. The maximum atomic E-state index is 10.3. The number of fused-ring (bicyclic) bond motifs is 1. The molecular weight excluding hydrogens is 352 g/mol. The number of aliphatic hydroxyl groups excluding tert-OH is 1. The van der Waals surface area contributed by atoms with Crippen LogP contribution < -0.4 is 16.0 Å². The monoisotopic (exact) mass is 380 g/mol. The Morgan fingerprint density at radius 2 is 2.11 bits per heavy atom. The summed E-state index contributed by atoms with van der Waals surface area (Å²) in [4.78, 5) is 4.81. The Labute approximate surface area is 165 Å². The van der Waals surface area contributed by atoms with Crippen molar-refractivity contribution in [3.05, 3.63) is 53.7 Å². The first kappa shape index (κ1) is 18.7. The number of nitrogens with one attached hydrogen (secondary N) is 3. The van der Waals surface area contributed by atoms with Gasteiger partial charge in [0.05, 0.1) is 18.3 Å². The molecule has 3 aromatic rings. The number of aliphatic hydroxyl groups is 1. The molecule has 1 aliphatic heterocycles. The van der Waals surface area contributed by atoms with Gasteiger partial charge in [0, 0.05) is 24.7 Å². The van der Waals surface area contributed by atoms with Gasteiger partial charge in [0.15, 0.2) is 5.65 Å². The minimum atomic E-state index is -0.380. The Morgan fingerprint density at radius 3 is 2.86 bits per heavy atom. The predicted molar refractivity (Wildman–Crippen MR) is 112 cm³/mol. The van der Waals surface area contributed by atoms with Crippen molar-refractivity contribution in [3.63, 3.8) is 0 Å². The number of rotatable bonds is 6. The summed E-state index contributed by atoms with van der Waals surface area (Å²) in [5, 5.41) is 25.1. The molecule has 7 nitrogen and oxygen atoms in total. The summed E-state index contributed by atoms with van der Waals surface area (Å²) in [6, 6.07) is 12.2. The van der Waals surface area contributed by atoms with Gasteiger partial charge in [-0.2, -0.15) is 9.61 Å². The van der Waals surface area contributed by atoms with Crippen molar-refractivity contribution in [1.29, 1.82) is 0 Å². The van der Waals surface area contributed by atoms with Gasteiger partial charge in [-0.05, 0) is 24.4 Å². The summed E-state index contributed by atoms with van der Waals surface area (Å²) >= 11 is 0. The fraction of sp³-hybridized carbons (Fsp3) is 0.429. The number of aromatic nitrogens is 3. The number of hydrogen-bond acceptors (Lipinski definition) is 6.